The Hall–Kier alpha value is -1.62. The molecule has 1 aromatic rings. The Morgan fingerprint density at radius 3 is 2.42 bits per heavy atom. The van der Waals surface area contributed by atoms with Crippen LogP contribution in [0.1, 0.15) is 13.3 Å². The van der Waals surface area contributed by atoms with Crippen LogP contribution < -0.4 is 9.47 Å². The van der Waals surface area contributed by atoms with E-state index in [9.17, 15) is 8.78 Å². The van der Waals surface area contributed by atoms with Crippen molar-refractivity contribution in [1.82, 2.24) is 0 Å². The standard InChI is InChI=1S/C14H16F2O3/c1-2-18-11-5-6-12(14(16)13(11)15)19-9-10-4-3-7-17-8-10/h4-6H,2-3,7-9H2,1H3. The normalized spacial score (nSPS) is 15.0. The SMILES string of the molecule is CCOc1ccc(OCC2=CCCOC2)c(F)c1F. The largest absolute Gasteiger partial charge is 0.491 e. The molecule has 0 aromatic heterocycles. The molecule has 19 heavy (non-hydrogen) atoms. The number of rotatable bonds is 5. The number of ether oxygens (including phenoxy) is 3. The quantitative estimate of drug-likeness (QED) is 0.769. The predicted molar refractivity (Wildman–Crippen MR) is 66.5 cm³/mol. The van der Waals surface area contributed by atoms with Gasteiger partial charge in [0.1, 0.15) is 6.61 Å². The summed E-state index contributed by atoms with van der Waals surface area (Å²) in [4.78, 5) is 0. The van der Waals surface area contributed by atoms with Gasteiger partial charge in [-0.05, 0) is 31.1 Å². The molecule has 0 aliphatic carbocycles. The van der Waals surface area contributed by atoms with Gasteiger partial charge in [0.15, 0.2) is 11.5 Å². The summed E-state index contributed by atoms with van der Waals surface area (Å²) < 4.78 is 42.8. The first-order valence-electron chi connectivity index (χ1n) is 6.21. The van der Waals surface area contributed by atoms with E-state index in [-0.39, 0.29) is 24.7 Å². The highest BCUT2D eigenvalue weighted by molar-refractivity contribution is 5.35. The summed E-state index contributed by atoms with van der Waals surface area (Å²) in [6, 6.07) is 2.73. The third-order valence-corrected chi connectivity index (χ3v) is 2.71. The number of hydrogen-bond donors (Lipinski definition) is 0. The van der Waals surface area contributed by atoms with E-state index in [0.29, 0.717) is 13.2 Å². The first-order chi connectivity index (χ1) is 9.22. The Morgan fingerprint density at radius 1 is 1.16 bits per heavy atom. The van der Waals surface area contributed by atoms with Gasteiger partial charge in [-0.3, -0.25) is 0 Å². The second-order valence-corrected chi connectivity index (χ2v) is 4.12. The van der Waals surface area contributed by atoms with Gasteiger partial charge in [0, 0.05) is 0 Å². The van der Waals surface area contributed by atoms with Gasteiger partial charge in [0.05, 0.1) is 19.8 Å². The van der Waals surface area contributed by atoms with E-state index in [1.165, 1.54) is 12.1 Å². The lowest BCUT2D eigenvalue weighted by molar-refractivity contribution is 0.141. The summed E-state index contributed by atoms with van der Waals surface area (Å²) in [6.45, 7) is 3.35. The minimum atomic E-state index is -1.02. The van der Waals surface area contributed by atoms with Crippen molar-refractivity contribution in [2.75, 3.05) is 26.4 Å². The molecule has 0 spiro atoms. The highest BCUT2D eigenvalue weighted by atomic mass is 19.2. The van der Waals surface area contributed by atoms with Crippen molar-refractivity contribution in [2.24, 2.45) is 0 Å². The summed E-state index contributed by atoms with van der Waals surface area (Å²) >= 11 is 0. The van der Waals surface area contributed by atoms with Gasteiger partial charge in [-0.1, -0.05) is 6.08 Å². The Balaban J connectivity index is 2.04. The van der Waals surface area contributed by atoms with Crippen molar-refractivity contribution in [1.29, 1.82) is 0 Å². The van der Waals surface area contributed by atoms with Gasteiger partial charge in [-0.2, -0.15) is 8.78 Å². The van der Waals surface area contributed by atoms with Crippen LogP contribution in [-0.2, 0) is 4.74 Å². The fourth-order valence-corrected chi connectivity index (χ4v) is 1.77. The molecule has 0 radical (unpaired) electrons. The Kier molecular flexibility index (Phi) is 4.74. The maximum Gasteiger partial charge on any atom is 0.204 e. The summed E-state index contributed by atoms with van der Waals surface area (Å²) in [7, 11) is 0. The minimum absolute atomic E-state index is 0.104. The third kappa shape index (κ3) is 3.44. The van der Waals surface area contributed by atoms with Crippen LogP contribution in [0.25, 0.3) is 0 Å². The zero-order valence-electron chi connectivity index (χ0n) is 10.7. The molecule has 0 amide bonds. The monoisotopic (exact) mass is 270 g/mol. The third-order valence-electron chi connectivity index (χ3n) is 2.71. The highest BCUT2D eigenvalue weighted by Crippen LogP contribution is 2.28. The van der Waals surface area contributed by atoms with Crippen LogP contribution in [-0.4, -0.2) is 26.4 Å². The van der Waals surface area contributed by atoms with E-state index in [4.69, 9.17) is 14.2 Å². The topological polar surface area (TPSA) is 27.7 Å². The Labute approximate surface area is 110 Å². The second kappa shape index (κ2) is 6.52. The minimum Gasteiger partial charge on any atom is -0.491 e. The van der Waals surface area contributed by atoms with Crippen molar-refractivity contribution < 1.29 is 23.0 Å². The van der Waals surface area contributed by atoms with Crippen LogP contribution in [0, 0.1) is 11.6 Å². The number of halogens is 2. The molecule has 1 aliphatic heterocycles. The zero-order chi connectivity index (χ0) is 13.7. The summed E-state index contributed by atoms with van der Waals surface area (Å²) in [5.74, 6) is -2.27. The fourth-order valence-electron chi connectivity index (χ4n) is 1.77. The zero-order valence-corrected chi connectivity index (χ0v) is 10.7. The molecular formula is C14H16F2O3. The number of hydrogen-bond acceptors (Lipinski definition) is 3. The number of benzene rings is 1. The van der Waals surface area contributed by atoms with E-state index >= 15 is 0 Å². The second-order valence-electron chi connectivity index (χ2n) is 4.12. The first-order valence-corrected chi connectivity index (χ1v) is 6.21. The lowest BCUT2D eigenvalue weighted by atomic mass is 10.2. The maximum atomic E-state index is 13.7. The van der Waals surface area contributed by atoms with Gasteiger partial charge >= 0.3 is 0 Å². The Bertz CT molecular complexity index is 472. The molecule has 0 saturated heterocycles. The summed E-state index contributed by atoms with van der Waals surface area (Å²) in [6.07, 6.45) is 2.81. The molecule has 2 rings (SSSR count). The van der Waals surface area contributed by atoms with E-state index in [1.807, 2.05) is 6.08 Å². The molecule has 0 unspecified atom stereocenters. The predicted octanol–water partition coefficient (Wildman–Crippen LogP) is 3.09. The Morgan fingerprint density at radius 2 is 1.84 bits per heavy atom. The van der Waals surface area contributed by atoms with Gasteiger partial charge in [0.2, 0.25) is 11.6 Å². The molecule has 1 aliphatic rings. The van der Waals surface area contributed by atoms with Gasteiger partial charge < -0.3 is 14.2 Å². The summed E-state index contributed by atoms with van der Waals surface area (Å²) in [5, 5.41) is 0. The molecule has 1 aromatic carbocycles. The molecule has 0 fully saturated rings. The molecule has 0 N–H and O–H groups in total. The van der Waals surface area contributed by atoms with Crippen LogP contribution in [0.15, 0.2) is 23.8 Å². The molecule has 3 nitrogen and oxygen atoms in total. The van der Waals surface area contributed by atoms with Crippen molar-refractivity contribution in [2.45, 2.75) is 13.3 Å². The summed E-state index contributed by atoms with van der Waals surface area (Å²) in [5.41, 5.74) is 0.931. The first kappa shape index (κ1) is 13.8. The van der Waals surface area contributed by atoms with Gasteiger partial charge in [-0.15, -0.1) is 0 Å². The van der Waals surface area contributed by atoms with Crippen molar-refractivity contribution in [3.63, 3.8) is 0 Å². The van der Waals surface area contributed by atoms with Crippen molar-refractivity contribution in [3.8, 4) is 11.5 Å². The highest BCUT2D eigenvalue weighted by Gasteiger charge is 2.16. The van der Waals surface area contributed by atoms with Gasteiger partial charge in [0.25, 0.3) is 0 Å². The van der Waals surface area contributed by atoms with Crippen LogP contribution in [0.3, 0.4) is 0 Å². The van der Waals surface area contributed by atoms with Crippen LogP contribution in [0.2, 0.25) is 0 Å². The van der Waals surface area contributed by atoms with E-state index < -0.39 is 11.6 Å². The molecule has 5 heteroatoms. The fraction of sp³-hybridized carbons (Fsp3) is 0.429. The smallest absolute Gasteiger partial charge is 0.204 e. The lowest BCUT2D eigenvalue weighted by Gasteiger charge is -2.15. The van der Waals surface area contributed by atoms with Crippen LogP contribution in [0.5, 0.6) is 11.5 Å². The molecule has 0 atom stereocenters. The molecular weight excluding hydrogens is 254 g/mol. The van der Waals surface area contributed by atoms with E-state index in [2.05, 4.69) is 0 Å². The van der Waals surface area contributed by atoms with Crippen LogP contribution in [0.4, 0.5) is 8.78 Å². The van der Waals surface area contributed by atoms with Crippen molar-refractivity contribution in [3.05, 3.63) is 35.4 Å². The maximum absolute atomic E-state index is 13.7. The molecule has 0 bridgehead atoms. The average molecular weight is 270 g/mol. The van der Waals surface area contributed by atoms with Crippen molar-refractivity contribution >= 4 is 0 Å². The molecule has 104 valence electrons. The molecule has 1 heterocycles. The lowest BCUT2D eigenvalue weighted by Crippen LogP contribution is -2.13. The van der Waals surface area contributed by atoms with E-state index in [1.54, 1.807) is 6.92 Å². The average Bonchev–Trinajstić information content (AvgIpc) is 2.44. The van der Waals surface area contributed by atoms with E-state index in [0.717, 1.165) is 12.0 Å². The molecule has 0 saturated carbocycles. The van der Waals surface area contributed by atoms with Crippen LogP contribution >= 0.6 is 0 Å². The van der Waals surface area contributed by atoms with Gasteiger partial charge in [-0.25, -0.2) is 0 Å².